The van der Waals surface area contributed by atoms with E-state index < -0.39 is 0 Å². The van der Waals surface area contributed by atoms with Gasteiger partial charge in [0, 0.05) is 18.3 Å². The number of likely N-dealkylation sites (N-methyl/N-ethyl adjacent to an activating group) is 1. The Morgan fingerprint density at radius 1 is 1.50 bits per heavy atom. The molecule has 0 heterocycles. The van der Waals surface area contributed by atoms with E-state index in [1.165, 1.54) is 30.5 Å². The van der Waals surface area contributed by atoms with Crippen LogP contribution in [0.1, 0.15) is 32.6 Å². The SMILES string of the molecule is C=C(C)C(=O)N(C)C1=C2CCC(C2)C1. The minimum atomic E-state index is 0.0695. The van der Waals surface area contributed by atoms with E-state index in [-0.39, 0.29) is 5.91 Å². The third-order valence-electron chi connectivity index (χ3n) is 3.35. The number of nitrogens with zero attached hydrogens (tertiary/aromatic N) is 1. The molecule has 0 aromatic rings. The predicted octanol–water partition coefficient (Wildman–Crippen LogP) is 2.48. The number of allylic oxidation sites excluding steroid dienone is 2. The van der Waals surface area contributed by atoms with Crippen molar-refractivity contribution in [3.8, 4) is 0 Å². The van der Waals surface area contributed by atoms with Crippen molar-refractivity contribution in [3.05, 3.63) is 23.4 Å². The first kappa shape index (κ1) is 9.50. The molecule has 2 heteroatoms. The summed E-state index contributed by atoms with van der Waals surface area (Å²) in [6.07, 6.45) is 4.86. The third kappa shape index (κ3) is 1.39. The smallest absolute Gasteiger partial charge is 0.252 e. The van der Waals surface area contributed by atoms with Crippen LogP contribution in [0, 0.1) is 5.92 Å². The molecule has 0 N–H and O–H groups in total. The lowest BCUT2D eigenvalue weighted by Crippen LogP contribution is -2.27. The van der Waals surface area contributed by atoms with Crippen molar-refractivity contribution in [2.45, 2.75) is 32.6 Å². The van der Waals surface area contributed by atoms with Crippen LogP contribution in [0.2, 0.25) is 0 Å². The molecule has 1 amide bonds. The molecule has 2 aliphatic rings. The van der Waals surface area contributed by atoms with Gasteiger partial charge in [0.05, 0.1) is 0 Å². The average molecular weight is 191 g/mol. The van der Waals surface area contributed by atoms with Gasteiger partial charge in [0.2, 0.25) is 0 Å². The van der Waals surface area contributed by atoms with Gasteiger partial charge in [-0.05, 0) is 38.5 Å². The summed E-state index contributed by atoms with van der Waals surface area (Å²) in [5, 5.41) is 0. The fraction of sp³-hybridized carbons (Fsp3) is 0.583. The Kier molecular flexibility index (Phi) is 2.22. The van der Waals surface area contributed by atoms with E-state index in [0.29, 0.717) is 5.57 Å². The van der Waals surface area contributed by atoms with Crippen LogP contribution >= 0.6 is 0 Å². The number of amides is 1. The number of hydrogen-bond acceptors (Lipinski definition) is 1. The highest BCUT2D eigenvalue weighted by Crippen LogP contribution is 2.44. The highest BCUT2D eigenvalue weighted by Gasteiger charge is 2.33. The lowest BCUT2D eigenvalue weighted by atomic mass is 10.0. The molecule has 2 aliphatic carbocycles. The van der Waals surface area contributed by atoms with Crippen molar-refractivity contribution in [2.75, 3.05) is 7.05 Å². The highest BCUT2D eigenvalue weighted by molar-refractivity contribution is 5.93. The lowest BCUT2D eigenvalue weighted by molar-refractivity contribution is -0.124. The second-order valence-corrected chi connectivity index (χ2v) is 4.51. The molecule has 0 aromatic carbocycles. The van der Waals surface area contributed by atoms with Crippen LogP contribution in [0.15, 0.2) is 23.4 Å². The molecule has 0 radical (unpaired) electrons. The zero-order valence-corrected chi connectivity index (χ0v) is 8.97. The van der Waals surface area contributed by atoms with E-state index in [9.17, 15) is 4.79 Å². The second-order valence-electron chi connectivity index (χ2n) is 4.51. The van der Waals surface area contributed by atoms with Gasteiger partial charge >= 0.3 is 0 Å². The highest BCUT2D eigenvalue weighted by atomic mass is 16.2. The van der Waals surface area contributed by atoms with Gasteiger partial charge in [-0.25, -0.2) is 0 Å². The number of carbonyl (C=O) groups is 1. The zero-order chi connectivity index (χ0) is 10.3. The Hall–Kier alpha value is -1.05. The number of carbonyl (C=O) groups excluding carboxylic acids is 1. The van der Waals surface area contributed by atoms with Crippen LogP contribution in [0.3, 0.4) is 0 Å². The van der Waals surface area contributed by atoms with E-state index in [2.05, 4.69) is 6.58 Å². The maximum Gasteiger partial charge on any atom is 0.252 e. The number of fused-ring (bicyclic) bond motifs is 2. The van der Waals surface area contributed by atoms with E-state index in [0.717, 1.165) is 12.3 Å². The quantitative estimate of drug-likeness (QED) is 0.614. The zero-order valence-electron chi connectivity index (χ0n) is 8.97. The van der Waals surface area contributed by atoms with Gasteiger partial charge in [0.25, 0.3) is 5.91 Å². The lowest BCUT2D eigenvalue weighted by Gasteiger charge is -2.23. The predicted molar refractivity (Wildman–Crippen MR) is 56.6 cm³/mol. The Labute approximate surface area is 85.3 Å². The molecule has 0 spiro atoms. The molecule has 2 nitrogen and oxygen atoms in total. The van der Waals surface area contributed by atoms with Crippen LogP contribution in [0.25, 0.3) is 0 Å². The summed E-state index contributed by atoms with van der Waals surface area (Å²) in [5.41, 5.74) is 3.41. The standard InChI is InChI=1S/C12H17NO/c1-8(2)12(14)13(3)11-7-9-4-5-10(11)6-9/h9H,1,4-7H2,2-3H3. The van der Waals surface area contributed by atoms with Gasteiger partial charge in [0.15, 0.2) is 0 Å². The minimum absolute atomic E-state index is 0.0695. The van der Waals surface area contributed by atoms with Crippen LogP contribution in [-0.2, 0) is 4.79 Å². The van der Waals surface area contributed by atoms with Gasteiger partial charge in [-0.15, -0.1) is 0 Å². The van der Waals surface area contributed by atoms with Gasteiger partial charge in [-0.2, -0.15) is 0 Å². The van der Waals surface area contributed by atoms with E-state index in [1.54, 1.807) is 11.8 Å². The second kappa shape index (κ2) is 3.26. The van der Waals surface area contributed by atoms with Gasteiger partial charge in [-0.3, -0.25) is 4.79 Å². The molecule has 1 saturated carbocycles. The van der Waals surface area contributed by atoms with Crippen molar-refractivity contribution in [2.24, 2.45) is 5.92 Å². The Morgan fingerprint density at radius 3 is 2.64 bits per heavy atom. The first-order chi connectivity index (χ1) is 6.59. The van der Waals surface area contributed by atoms with Crippen LogP contribution in [-0.4, -0.2) is 17.9 Å². The summed E-state index contributed by atoms with van der Waals surface area (Å²) in [4.78, 5) is 13.5. The summed E-state index contributed by atoms with van der Waals surface area (Å²) in [5.74, 6) is 0.889. The summed E-state index contributed by atoms with van der Waals surface area (Å²) in [7, 11) is 1.88. The van der Waals surface area contributed by atoms with Gasteiger partial charge < -0.3 is 4.90 Å². The molecule has 14 heavy (non-hydrogen) atoms. The van der Waals surface area contributed by atoms with E-state index in [1.807, 2.05) is 7.05 Å². The number of rotatable bonds is 2. The fourth-order valence-electron chi connectivity index (χ4n) is 2.57. The van der Waals surface area contributed by atoms with Crippen LogP contribution in [0.4, 0.5) is 0 Å². The van der Waals surface area contributed by atoms with Gasteiger partial charge in [0.1, 0.15) is 0 Å². The molecule has 0 saturated heterocycles. The summed E-state index contributed by atoms with van der Waals surface area (Å²) in [6, 6.07) is 0. The summed E-state index contributed by atoms with van der Waals surface area (Å²) in [6.45, 7) is 5.47. The molecular formula is C12H17NO. The molecule has 0 aromatic heterocycles. The van der Waals surface area contributed by atoms with Crippen LogP contribution < -0.4 is 0 Å². The first-order valence-electron chi connectivity index (χ1n) is 5.24. The third-order valence-corrected chi connectivity index (χ3v) is 3.35. The maximum absolute atomic E-state index is 11.7. The first-order valence-corrected chi connectivity index (χ1v) is 5.24. The summed E-state index contributed by atoms with van der Waals surface area (Å²) >= 11 is 0. The molecule has 76 valence electrons. The molecule has 2 rings (SSSR count). The topological polar surface area (TPSA) is 20.3 Å². The normalized spacial score (nSPS) is 24.3. The minimum Gasteiger partial charge on any atom is -0.316 e. The molecule has 1 unspecified atom stereocenters. The molecule has 1 fully saturated rings. The van der Waals surface area contributed by atoms with Crippen molar-refractivity contribution in [1.82, 2.24) is 4.90 Å². The largest absolute Gasteiger partial charge is 0.316 e. The summed E-state index contributed by atoms with van der Waals surface area (Å²) < 4.78 is 0. The van der Waals surface area contributed by atoms with E-state index in [4.69, 9.17) is 0 Å². The molecular weight excluding hydrogens is 174 g/mol. The van der Waals surface area contributed by atoms with Crippen molar-refractivity contribution in [3.63, 3.8) is 0 Å². The van der Waals surface area contributed by atoms with Crippen LogP contribution in [0.5, 0.6) is 0 Å². The monoisotopic (exact) mass is 191 g/mol. The molecule has 1 atom stereocenters. The Morgan fingerprint density at radius 2 is 2.21 bits per heavy atom. The number of hydrogen-bond donors (Lipinski definition) is 0. The van der Waals surface area contributed by atoms with Crippen molar-refractivity contribution >= 4 is 5.91 Å². The Balaban J connectivity index is 2.17. The van der Waals surface area contributed by atoms with Gasteiger partial charge in [-0.1, -0.05) is 12.2 Å². The molecule has 0 aliphatic heterocycles. The maximum atomic E-state index is 11.7. The molecule has 2 bridgehead atoms. The van der Waals surface area contributed by atoms with E-state index >= 15 is 0 Å². The Bertz CT molecular complexity index is 327. The van der Waals surface area contributed by atoms with Crippen molar-refractivity contribution < 1.29 is 4.79 Å². The van der Waals surface area contributed by atoms with Crippen molar-refractivity contribution in [1.29, 1.82) is 0 Å². The fourth-order valence-corrected chi connectivity index (χ4v) is 2.57. The average Bonchev–Trinajstić information content (AvgIpc) is 2.76.